The van der Waals surface area contributed by atoms with Gasteiger partial charge >= 0.3 is 0 Å². The molecule has 0 bridgehead atoms. The fourth-order valence-electron chi connectivity index (χ4n) is 0.197. The van der Waals surface area contributed by atoms with Crippen LogP contribution in [0.15, 0.2) is 29.4 Å². The lowest BCUT2D eigenvalue weighted by molar-refractivity contribution is 1.45. The number of hydrogen-bond acceptors (Lipinski definition) is 1. The third-order valence-corrected chi connectivity index (χ3v) is 0.617. The topological polar surface area (TPSA) is 12.4 Å². The van der Waals surface area contributed by atoms with Crippen molar-refractivity contribution in [2.24, 2.45) is 4.99 Å². The van der Waals surface area contributed by atoms with E-state index < -0.39 is 0 Å². The maximum absolute atomic E-state index is 3.52. The summed E-state index contributed by atoms with van der Waals surface area (Å²) in [6.07, 6.45) is 3.39. The smallest absolute Gasteiger partial charge is 0.0289 e. The number of allylic oxidation sites excluding steroid dienone is 2. The van der Waals surface area contributed by atoms with Crippen LogP contribution in [0.3, 0.4) is 0 Å². The quantitative estimate of drug-likeness (QED) is 0.366. The Kier molecular flexibility index (Phi) is 2.94. The summed E-state index contributed by atoms with van der Waals surface area (Å²) in [7, 11) is 0. The van der Waals surface area contributed by atoms with Crippen molar-refractivity contribution in [2.75, 3.05) is 0 Å². The van der Waals surface area contributed by atoms with Crippen molar-refractivity contribution in [3.05, 3.63) is 24.4 Å². The minimum Gasteiger partial charge on any atom is -0.272 e. The molecule has 0 saturated heterocycles. The van der Waals surface area contributed by atoms with Crippen LogP contribution in [0.4, 0.5) is 0 Å². The van der Waals surface area contributed by atoms with Gasteiger partial charge in [0.15, 0.2) is 0 Å². The maximum Gasteiger partial charge on any atom is 0.0289 e. The zero-order valence-electron chi connectivity index (χ0n) is 4.52. The van der Waals surface area contributed by atoms with Gasteiger partial charge in [-0.25, -0.2) is 0 Å². The van der Waals surface area contributed by atoms with Crippen LogP contribution in [0, 0.1) is 0 Å². The number of hydrogen-bond donors (Lipinski definition) is 0. The molecule has 0 aromatic rings. The largest absolute Gasteiger partial charge is 0.272 e. The monoisotopic (exact) mass is 95.1 g/mol. The van der Waals surface area contributed by atoms with Gasteiger partial charge in [0.05, 0.1) is 0 Å². The average molecular weight is 95.1 g/mol. The molecule has 0 heterocycles. The Hall–Kier alpha value is -0.850. The molecule has 0 spiro atoms. The van der Waals surface area contributed by atoms with Crippen LogP contribution in [-0.4, -0.2) is 6.72 Å². The maximum atomic E-state index is 3.52. The van der Waals surface area contributed by atoms with Gasteiger partial charge in [-0.05, 0) is 19.2 Å². The first-order valence-electron chi connectivity index (χ1n) is 2.06. The van der Waals surface area contributed by atoms with Crippen molar-refractivity contribution in [2.45, 2.75) is 6.92 Å². The first-order chi connectivity index (χ1) is 3.31. The molecule has 0 radical (unpaired) electrons. The second-order valence-electron chi connectivity index (χ2n) is 1.26. The van der Waals surface area contributed by atoms with Crippen molar-refractivity contribution < 1.29 is 0 Å². The molecule has 0 aromatic carbocycles. The van der Waals surface area contributed by atoms with E-state index in [1.807, 2.05) is 6.92 Å². The van der Waals surface area contributed by atoms with Gasteiger partial charge in [-0.2, -0.15) is 0 Å². The van der Waals surface area contributed by atoms with Gasteiger partial charge in [-0.3, -0.25) is 4.99 Å². The molecule has 0 atom stereocenters. The number of aliphatic imine (C=N–C) groups is 1. The molecule has 7 heavy (non-hydrogen) atoms. The molecule has 1 nitrogen and oxygen atoms in total. The van der Waals surface area contributed by atoms with Crippen molar-refractivity contribution in [3.8, 4) is 0 Å². The SMILES string of the molecule is C=CC(C)=CN=C. The first-order valence-corrected chi connectivity index (χ1v) is 2.06. The standard InChI is InChI=1S/C6H9N/c1-4-6(2)5-7-3/h4-5H,1,3H2,2H3. The Balaban J connectivity index is 3.72. The fraction of sp³-hybridized carbons (Fsp3) is 0.167. The zero-order valence-corrected chi connectivity index (χ0v) is 4.52. The Morgan fingerprint density at radius 2 is 2.29 bits per heavy atom. The van der Waals surface area contributed by atoms with E-state index in [4.69, 9.17) is 0 Å². The second kappa shape index (κ2) is 3.34. The zero-order chi connectivity index (χ0) is 5.70. The lowest BCUT2D eigenvalue weighted by atomic mass is 10.3. The third kappa shape index (κ3) is 2.97. The predicted octanol–water partition coefficient (Wildman–Crippen LogP) is 1.78. The van der Waals surface area contributed by atoms with E-state index in [1.165, 1.54) is 0 Å². The van der Waals surface area contributed by atoms with Crippen LogP contribution in [0.5, 0.6) is 0 Å². The van der Waals surface area contributed by atoms with Gasteiger partial charge in [0.25, 0.3) is 0 Å². The van der Waals surface area contributed by atoms with Crippen LogP contribution in [0.2, 0.25) is 0 Å². The average Bonchev–Trinajstić information content (AvgIpc) is 1.68. The van der Waals surface area contributed by atoms with Gasteiger partial charge < -0.3 is 0 Å². The normalized spacial score (nSPS) is 10.7. The highest BCUT2D eigenvalue weighted by Gasteiger charge is 1.69. The van der Waals surface area contributed by atoms with Crippen LogP contribution >= 0.6 is 0 Å². The minimum absolute atomic E-state index is 1.04. The molecule has 0 aliphatic rings. The summed E-state index contributed by atoms with van der Waals surface area (Å²) in [5.74, 6) is 0. The molecule has 0 N–H and O–H groups in total. The summed E-state index contributed by atoms with van der Waals surface area (Å²) >= 11 is 0. The van der Waals surface area contributed by atoms with Crippen molar-refractivity contribution >= 4 is 6.72 Å². The summed E-state index contributed by atoms with van der Waals surface area (Å²) in [5.41, 5.74) is 1.04. The predicted molar refractivity (Wildman–Crippen MR) is 33.5 cm³/mol. The van der Waals surface area contributed by atoms with Crippen LogP contribution < -0.4 is 0 Å². The Labute approximate surface area is 44.1 Å². The van der Waals surface area contributed by atoms with Gasteiger partial charge in [0.2, 0.25) is 0 Å². The van der Waals surface area contributed by atoms with E-state index in [9.17, 15) is 0 Å². The van der Waals surface area contributed by atoms with Gasteiger partial charge in [0.1, 0.15) is 0 Å². The number of rotatable bonds is 2. The first kappa shape index (κ1) is 6.15. The van der Waals surface area contributed by atoms with Crippen LogP contribution in [0.25, 0.3) is 0 Å². The highest BCUT2D eigenvalue weighted by atomic mass is 14.6. The molecule has 0 unspecified atom stereocenters. The van der Waals surface area contributed by atoms with Gasteiger partial charge in [-0.1, -0.05) is 12.7 Å². The van der Waals surface area contributed by atoms with E-state index in [-0.39, 0.29) is 0 Å². The molecule has 1 heteroatoms. The van der Waals surface area contributed by atoms with Crippen molar-refractivity contribution in [1.82, 2.24) is 0 Å². The second-order valence-corrected chi connectivity index (χ2v) is 1.26. The minimum atomic E-state index is 1.04. The molecule has 0 amide bonds. The molecule has 0 aliphatic carbocycles. The molecule has 0 aliphatic heterocycles. The molecule has 0 aromatic heterocycles. The highest BCUT2D eigenvalue weighted by molar-refractivity contribution is 5.27. The summed E-state index contributed by atoms with van der Waals surface area (Å²) in [6.45, 7) is 8.72. The third-order valence-electron chi connectivity index (χ3n) is 0.617. The summed E-state index contributed by atoms with van der Waals surface area (Å²) in [6, 6.07) is 0. The Morgan fingerprint density at radius 1 is 1.71 bits per heavy atom. The lowest BCUT2D eigenvalue weighted by Gasteiger charge is -1.79. The van der Waals surface area contributed by atoms with E-state index in [0.29, 0.717) is 0 Å². The van der Waals surface area contributed by atoms with E-state index in [2.05, 4.69) is 18.3 Å². The van der Waals surface area contributed by atoms with Crippen LogP contribution in [-0.2, 0) is 0 Å². The Morgan fingerprint density at radius 3 is 2.43 bits per heavy atom. The number of nitrogens with zero attached hydrogens (tertiary/aromatic N) is 1. The van der Waals surface area contributed by atoms with Gasteiger partial charge in [-0.15, -0.1) is 0 Å². The molecule has 38 valence electrons. The van der Waals surface area contributed by atoms with Gasteiger partial charge in [0, 0.05) is 6.20 Å². The van der Waals surface area contributed by atoms with E-state index in [0.717, 1.165) is 5.57 Å². The molecule has 0 rings (SSSR count). The van der Waals surface area contributed by atoms with E-state index >= 15 is 0 Å². The molecular formula is C6H9N. The molecule has 0 fully saturated rings. The molecule has 0 saturated carbocycles. The fourth-order valence-corrected chi connectivity index (χ4v) is 0.197. The summed E-state index contributed by atoms with van der Waals surface area (Å²) in [5, 5.41) is 0. The van der Waals surface area contributed by atoms with Crippen molar-refractivity contribution in [3.63, 3.8) is 0 Å². The summed E-state index contributed by atoms with van der Waals surface area (Å²) < 4.78 is 0. The highest BCUT2D eigenvalue weighted by Crippen LogP contribution is 1.89. The lowest BCUT2D eigenvalue weighted by Crippen LogP contribution is -1.59. The van der Waals surface area contributed by atoms with E-state index in [1.54, 1.807) is 12.3 Å². The summed E-state index contributed by atoms with van der Waals surface area (Å²) in [4.78, 5) is 3.52. The Bertz CT molecular complexity index is 101. The van der Waals surface area contributed by atoms with Crippen molar-refractivity contribution in [1.29, 1.82) is 0 Å². The molecular weight excluding hydrogens is 86.1 g/mol. The van der Waals surface area contributed by atoms with Crippen LogP contribution in [0.1, 0.15) is 6.92 Å².